The molecule has 1 aromatic heterocycles. The van der Waals surface area contributed by atoms with Crippen LogP contribution in [0.1, 0.15) is 6.42 Å². The van der Waals surface area contributed by atoms with Crippen molar-refractivity contribution in [1.82, 2.24) is 9.29 Å². The van der Waals surface area contributed by atoms with Gasteiger partial charge in [-0.1, -0.05) is 11.6 Å². The first kappa shape index (κ1) is 11.8. The van der Waals surface area contributed by atoms with Crippen LogP contribution in [0.2, 0.25) is 5.15 Å². The number of nitrogens with zero attached hydrogens (tertiary/aromatic N) is 2. The molecule has 0 radical (unpaired) electrons. The summed E-state index contributed by atoms with van der Waals surface area (Å²) in [6.45, 7) is 0.433. The number of rotatable bonds is 2. The van der Waals surface area contributed by atoms with Crippen LogP contribution in [-0.2, 0) is 10.0 Å². The van der Waals surface area contributed by atoms with Gasteiger partial charge < -0.3 is 5.11 Å². The first-order chi connectivity index (χ1) is 7.51. The maximum Gasteiger partial charge on any atom is 0.246 e. The van der Waals surface area contributed by atoms with E-state index in [9.17, 15) is 13.5 Å². The Morgan fingerprint density at radius 2 is 2.31 bits per heavy atom. The molecule has 7 heteroatoms. The number of aliphatic hydroxyl groups is 1. The minimum absolute atomic E-state index is 0.00855. The zero-order valence-electron chi connectivity index (χ0n) is 8.38. The van der Waals surface area contributed by atoms with Crippen LogP contribution in [0.4, 0.5) is 0 Å². The number of sulfonamides is 1. The number of halogens is 1. The van der Waals surface area contributed by atoms with E-state index >= 15 is 0 Å². The van der Waals surface area contributed by atoms with Crippen LogP contribution in [0.15, 0.2) is 23.2 Å². The average Bonchev–Trinajstić information content (AvgIpc) is 2.66. The van der Waals surface area contributed by atoms with Crippen LogP contribution in [0.3, 0.4) is 0 Å². The molecule has 1 N–H and O–H groups in total. The van der Waals surface area contributed by atoms with E-state index in [1.165, 1.54) is 22.6 Å². The predicted octanol–water partition coefficient (Wildman–Crippen LogP) is 0.490. The topological polar surface area (TPSA) is 70.5 Å². The Balaban J connectivity index is 2.36. The zero-order valence-corrected chi connectivity index (χ0v) is 9.95. The van der Waals surface area contributed by atoms with Gasteiger partial charge in [0.1, 0.15) is 10.0 Å². The van der Waals surface area contributed by atoms with Gasteiger partial charge in [-0.05, 0) is 18.6 Å². The molecule has 88 valence electrons. The maximum absolute atomic E-state index is 12.1. The van der Waals surface area contributed by atoms with Crippen LogP contribution < -0.4 is 0 Å². The molecule has 1 fully saturated rings. The molecule has 0 amide bonds. The van der Waals surface area contributed by atoms with Gasteiger partial charge in [0, 0.05) is 19.3 Å². The van der Waals surface area contributed by atoms with Crippen molar-refractivity contribution in [2.75, 3.05) is 13.1 Å². The molecular weight excluding hydrogens is 252 g/mol. The maximum atomic E-state index is 12.1. The molecule has 1 aliphatic rings. The van der Waals surface area contributed by atoms with E-state index in [0.29, 0.717) is 13.0 Å². The molecular formula is C9H11ClN2O3S. The summed E-state index contributed by atoms with van der Waals surface area (Å²) in [6.07, 6.45) is 1.29. The standard InChI is InChI=1S/C9H11ClN2O3S/c10-9-8(2-1-4-11-9)16(14,15)12-5-3-7(13)6-12/h1-2,4,7,13H,3,5-6H2. The number of pyridine rings is 1. The SMILES string of the molecule is O=S(=O)(c1cccnc1Cl)N1CCC(O)C1. The third kappa shape index (κ3) is 2.06. The smallest absolute Gasteiger partial charge is 0.246 e. The highest BCUT2D eigenvalue weighted by atomic mass is 35.5. The Labute approximate surface area is 98.7 Å². The monoisotopic (exact) mass is 262 g/mol. The number of aliphatic hydroxyl groups excluding tert-OH is 1. The molecule has 0 spiro atoms. The van der Waals surface area contributed by atoms with Crippen molar-refractivity contribution in [1.29, 1.82) is 0 Å². The number of aromatic nitrogens is 1. The van der Waals surface area contributed by atoms with Gasteiger partial charge in [-0.2, -0.15) is 4.31 Å². The summed E-state index contributed by atoms with van der Waals surface area (Å²) in [5.41, 5.74) is 0. The highest BCUT2D eigenvalue weighted by Gasteiger charge is 2.33. The number of hydrogen-bond donors (Lipinski definition) is 1. The van der Waals surface area contributed by atoms with E-state index in [0.717, 1.165) is 0 Å². The third-order valence-electron chi connectivity index (χ3n) is 2.47. The molecule has 16 heavy (non-hydrogen) atoms. The molecule has 5 nitrogen and oxygen atoms in total. The molecule has 1 unspecified atom stereocenters. The van der Waals surface area contributed by atoms with Gasteiger partial charge in [0.05, 0.1) is 6.10 Å². The molecule has 2 rings (SSSR count). The van der Waals surface area contributed by atoms with E-state index < -0.39 is 16.1 Å². The van der Waals surface area contributed by atoms with E-state index in [1.54, 1.807) is 0 Å². The van der Waals surface area contributed by atoms with Gasteiger partial charge in [0.25, 0.3) is 0 Å². The molecule has 1 aromatic rings. The van der Waals surface area contributed by atoms with Crippen LogP contribution in [0, 0.1) is 0 Å². The first-order valence-electron chi connectivity index (χ1n) is 4.80. The Morgan fingerprint density at radius 3 is 2.88 bits per heavy atom. The van der Waals surface area contributed by atoms with Crippen molar-refractivity contribution < 1.29 is 13.5 Å². The summed E-state index contributed by atoms with van der Waals surface area (Å²) in [5, 5.41) is 9.29. The Kier molecular flexibility index (Phi) is 3.16. The molecule has 1 aliphatic heterocycles. The fourth-order valence-corrected chi connectivity index (χ4v) is 3.55. The molecule has 0 aliphatic carbocycles. The lowest BCUT2D eigenvalue weighted by atomic mass is 10.3. The summed E-state index contributed by atoms with van der Waals surface area (Å²) in [7, 11) is -3.62. The quantitative estimate of drug-likeness (QED) is 0.788. The third-order valence-corrected chi connectivity index (χ3v) is 4.78. The van der Waals surface area contributed by atoms with Crippen molar-refractivity contribution in [3.8, 4) is 0 Å². The van der Waals surface area contributed by atoms with Crippen LogP contribution >= 0.6 is 11.6 Å². The average molecular weight is 263 g/mol. The van der Waals surface area contributed by atoms with E-state index in [-0.39, 0.29) is 16.6 Å². The van der Waals surface area contributed by atoms with Crippen molar-refractivity contribution in [2.45, 2.75) is 17.4 Å². The molecule has 0 saturated carbocycles. The van der Waals surface area contributed by atoms with Crippen molar-refractivity contribution in [2.24, 2.45) is 0 Å². The minimum Gasteiger partial charge on any atom is -0.392 e. The van der Waals surface area contributed by atoms with Gasteiger partial charge in [0.15, 0.2) is 0 Å². The van der Waals surface area contributed by atoms with Crippen molar-refractivity contribution >= 4 is 21.6 Å². The Hall–Kier alpha value is -0.690. The van der Waals surface area contributed by atoms with Crippen LogP contribution in [0.5, 0.6) is 0 Å². The molecule has 1 atom stereocenters. The second kappa shape index (κ2) is 4.29. The van der Waals surface area contributed by atoms with Crippen molar-refractivity contribution in [3.05, 3.63) is 23.5 Å². The Morgan fingerprint density at radius 1 is 1.56 bits per heavy atom. The number of hydrogen-bond acceptors (Lipinski definition) is 4. The summed E-state index contributed by atoms with van der Waals surface area (Å²) in [5.74, 6) is 0. The zero-order chi connectivity index (χ0) is 11.8. The molecule has 1 saturated heterocycles. The van der Waals surface area contributed by atoms with Gasteiger partial charge in [-0.15, -0.1) is 0 Å². The Bertz CT molecular complexity index is 491. The lowest BCUT2D eigenvalue weighted by Gasteiger charge is -2.15. The number of β-amino-alcohol motifs (C(OH)–C–C–N with tert-alkyl or cyclic N) is 1. The van der Waals surface area contributed by atoms with Gasteiger partial charge in [0.2, 0.25) is 10.0 Å². The molecule has 2 heterocycles. The summed E-state index contributed by atoms with van der Waals surface area (Å²) < 4.78 is 25.4. The van der Waals surface area contributed by atoms with Gasteiger partial charge in [-0.3, -0.25) is 0 Å². The largest absolute Gasteiger partial charge is 0.392 e. The van der Waals surface area contributed by atoms with Gasteiger partial charge >= 0.3 is 0 Å². The lowest BCUT2D eigenvalue weighted by Crippen LogP contribution is -2.30. The van der Waals surface area contributed by atoms with Crippen molar-refractivity contribution in [3.63, 3.8) is 0 Å². The van der Waals surface area contributed by atoms with Crippen LogP contribution in [-0.4, -0.2) is 42.0 Å². The normalized spacial score (nSPS) is 22.5. The molecule has 0 aromatic carbocycles. The molecule has 0 bridgehead atoms. The minimum atomic E-state index is -3.62. The fourth-order valence-electron chi connectivity index (χ4n) is 1.63. The lowest BCUT2D eigenvalue weighted by molar-refractivity contribution is 0.189. The highest BCUT2D eigenvalue weighted by Crippen LogP contribution is 2.25. The van der Waals surface area contributed by atoms with E-state index in [2.05, 4.69) is 4.98 Å². The summed E-state index contributed by atoms with van der Waals surface area (Å²) in [4.78, 5) is 3.72. The van der Waals surface area contributed by atoms with E-state index in [1.807, 2.05) is 0 Å². The fraction of sp³-hybridized carbons (Fsp3) is 0.444. The highest BCUT2D eigenvalue weighted by molar-refractivity contribution is 7.89. The predicted molar refractivity (Wildman–Crippen MR) is 58.6 cm³/mol. The second-order valence-corrected chi connectivity index (χ2v) is 5.86. The first-order valence-corrected chi connectivity index (χ1v) is 6.62. The second-order valence-electron chi connectivity index (χ2n) is 3.60. The summed E-state index contributed by atoms with van der Waals surface area (Å²) >= 11 is 5.74. The summed E-state index contributed by atoms with van der Waals surface area (Å²) in [6, 6.07) is 2.93. The van der Waals surface area contributed by atoms with Gasteiger partial charge in [-0.25, -0.2) is 13.4 Å². The van der Waals surface area contributed by atoms with E-state index in [4.69, 9.17) is 11.6 Å². The van der Waals surface area contributed by atoms with Crippen LogP contribution in [0.25, 0.3) is 0 Å².